The Hall–Kier alpha value is -2.32. The Labute approximate surface area is 143 Å². The van der Waals surface area contributed by atoms with Gasteiger partial charge in [0.1, 0.15) is 12.7 Å². The van der Waals surface area contributed by atoms with Gasteiger partial charge < -0.3 is 4.74 Å². The Kier molecular flexibility index (Phi) is 3.78. The summed E-state index contributed by atoms with van der Waals surface area (Å²) in [7, 11) is 0. The van der Waals surface area contributed by atoms with E-state index in [1.807, 2.05) is 6.07 Å². The minimum Gasteiger partial charge on any atom is -0.461 e. The number of carbonyl (C=O) groups is 1. The molecule has 0 saturated heterocycles. The first-order valence-corrected chi connectivity index (χ1v) is 8.28. The number of halogens is 1. The van der Waals surface area contributed by atoms with Crippen LogP contribution in [0.1, 0.15) is 31.4 Å². The molecule has 4 rings (SSSR count). The van der Waals surface area contributed by atoms with Gasteiger partial charge in [0.2, 0.25) is 17.4 Å². The molecular weight excluding hydrogens is 332 g/mol. The third kappa shape index (κ3) is 2.90. The van der Waals surface area contributed by atoms with E-state index in [9.17, 15) is 4.79 Å². The van der Waals surface area contributed by atoms with E-state index in [0.717, 1.165) is 28.1 Å². The van der Waals surface area contributed by atoms with Gasteiger partial charge in [-0.25, -0.2) is 9.69 Å². The van der Waals surface area contributed by atoms with Gasteiger partial charge in [0.05, 0.1) is 12.8 Å². The van der Waals surface area contributed by atoms with Crippen LogP contribution in [0.2, 0.25) is 0 Å². The molecule has 0 aromatic carbocycles. The zero-order valence-electron chi connectivity index (χ0n) is 13.2. The van der Waals surface area contributed by atoms with Crippen molar-refractivity contribution in [3.05, 3.63) is 35.7 Å². The molecule has 3 N–H and O–H groups in total. The van der Waals surface area contributed by atoms with Crippen LogP contribution in [0, 0.1) is 0 Å². The molecule has 2 aliphatic heterocycles. The SMILES string of the molecule is CCOC(=O)C1=C[NH+]2C(Nc3cc(C4CC4)[nH]n3)=CN(Cl)CC2=N1. The van der Waals surface area contributed by atoms with Crippen LogP contribution < -0.4 is 10.2 Å². The summed E-state index contributed by atoms with van der Waals surface area (Å²) in [6.45, 7) is 2.51. The molecule has 0 radical (unpaired) electrons. The molecule has 0 spiro atoms. The van der Waals surface area contributed by atoms with E-state index in [1.54, 1.807) is 19.3 Å². The molecule has 1 saturated carbocycles. The lowest BCUT2D eigenvalue weighted by molar-refractivity contribution is -0.699. The average molecular weight is 350 g/mol. The number of hydrogen-bond donors (Lipinski definition) is 3. The zero-order valence-corrected chi connectivity index (χ0v) is 13.9. The second-order valence-electron chi connectivity index (χ2n) is 5.93. The molecule has 8 nitrogen and oxygen atoms in total. The normalized spacial score (nSPS) is 22.5. The smallest absolute Gasteiger partial charge is 0.362 e. The maximum atomic E-state index is 11.9. The van der Waals surface area contributed by atoms with Crippen molar-refractivity contribution in [2.45, 2.75) is 25.7 Å². The van der Waals surface area contributed by atoms with Crippen molar-refractivity contribution >= 4 is 29.4 Å². The molecule has 3 aliphatic rings. The van der Waals surface area contributed by atoms with Gasteiger partial charge in [-0.2, -0.15) is 10.1 Å². The van der Waals surface area contributed by atoms with Crippen LogP contribution in [-0.4, -0.2) is 39.6 Å². The van der Waals surface area contributed by atoms with Crippen LogP contribution in [0.5, 0.6) is 0 Å². The van der Waals surface area contributed by atoms with E-state index in [-0.39, 0.29) is 0 Å². The van der Waals surface area contributed by atoms with E-state index in [0.29, 0.717) is 24.8 Å². The molecule has 0 bridgehead atoms. The first-order valence-electron chi connectivity index (χ1n) is 7.94. The van der Waals surface area contributed by atoms with E-state index in [4.69, 9.17) is 16.5 Å². The second-order valence-corrected chi connectivity index (χ2v) is 6.36. The number of amidine groups is 1. The molecule has 126 valence electrons. The predicted molar refractivity (Wildman–Crippen MR) is 87.9 cm³/mol. The fourth-order valence-corrected chi connectivity index (χ4v) is 2.97. The molecule has 1 aromatic heterocycles. The van der Waals surface area contributed by atoms with Crippen molar-refractivity contribution < 1.29 is 14.4 Å². The summed E-state index contributed by atoms with van der Waals surface area (Å²) in [4.78, 5) is 17.1. The Morgan fingerprint density at radius 2 is 2.42 bits per heavy atom. The summed E-state index contributed by atoms with van der Waals surface area (Å²) < 4.78 is 6.52. The number of carbonyl (C=O) groups excluding carboxylic acids is 1. The van der Waals surface area contributed by atoms with Crippen LogP contribution in [0.3, 0.4) is 0 Å². The number of H-pyrrole nitrogens is 1. The standard InChI is InChI=1S/C15H17ClN6O2/c1-2-24-15(23)11-6-22-13(17-11)7-21(16)8-14(22)18-12-5-10(19-20-12)9-3-4-9/h5-6,8-9H,2-4,7H2,1H3,(H2,18,19,20)/p+1. The van der Waals surface area contributed by atoms with Crippen molar-refractivity contribution in [1.82, 2.24) is 14.6 Å². The van der Waals surface area contributed by atoms with E-state index < -0.39 is 5.97 Å². The highest BCUT2D eigenvalue weighted by molar-refractivity contribution is 6.15. The number of aliphatic imine (C=N–C) groups is 1. The van der Waals surface area contributed by atoms with E-state index >= 15 is 0 Å². The minimum absolute atomic E-state index is 0.294. The van der Waals surface area contributed by atoms with Gasteiger partial charge in [-0.3, -0.25) is 14.8 Å². The van der Waals surface area contributed by atoms with Crippen LogP contribution >= 0.6 is 11.8 Å². The van der Waals surface area contributed by atoms with Crippen molar-refractivity contribution in [2.24, 2.45) is 4.99 Å². The summed E-state index contributed by atoms with van der Waals surface area (Å²) in [5.41, 5.74) is 1.44. The summed E-state index contributed by atoms with van der Waals surface area (Å²) in [5.74, 6) is 2.38. The maximum absolute atomic E-state index is 11.9. The number of nitrogens with zero attached hydrogens (tertiary/aromatic N) is 3. The lowest BCUT2D eigenvalue weighted by Crippen LogP contribution is -3.10. The molecule has 9 heteroatoms. The third-order valence-corrected chi connectivity index (χ3v) is 4.29. The number of ether oxygens (including phenoxy) is 1. The summed E-state index contributed by atoms with van der Waals surface area (Å²) in [6.07, 6.45) is 5.91. The number of aromatic amines is 1. The van der Waals surface area contributed by atoms with Crippen molar-refractivity contribution in [3.8, 4) is 0 Å². The van der Waals surface area contributed by atoms with Gasteiger partial charge >= 0.3 is 5.97 Å². The average Bonchev–Trinajstić information content (AvgIpc) is 3.13. The van der Waals surface area contributed by atoms with Crippen molar-refractivity contribution in [1.29, 1.82) is 0 Å². The predicted octanol–water partition coefficient (Wildman–Crippen LogP) is 0.669. The van der Waals surface area contributed by atoms with Gasteiger partial charge in [0.25, 0.3) is 0 Å². The van der Waals surface area contributed by atoms with Crippen molar-refractivity contribution in [2.75, 3.05) is 18.5 Å². The first kappa shape index (κ1) is 15.2. The summed E-state index contributed by atoms with van der Waals surface area (Å²) in [5, 5.41) is 10.6. The molecule has 0 amide bonds. The molecule has 1 aromatic rings. The zero-order chi connectivity index (χ0) is 16.7. The Morgan fingerprint density at radius 3 is 3.17 bits per heavy atom. The van der Waals surface area contributed by atoms with Crippen LogP contribution in [-0.2, 0) is 9.53 Å². The fraction of sp³-hybridized carbons (Fsp3) is 0.400. The second kappa shape index (κ2) is 5.95. The van der Waals surface area contributed by atoms with Crippen LogP contribution in [0.25, 0.3) is 0 Å². The molecule has 1 unspecified atom stereocenters. The third-order valence-electron chi connectivity index (χ3n) is 4.07. The number of nitrogens with one attached hydrogen (secondary N) is 3. The van der Waals surface area contributed by atoms with Crippen LogP contribution in [0.4, 0.5) is 5.82 Å². The number of rotatable bonds is 5. The largest absolute Gasteiger partial charge is 0.461 e. The Bertz CT molecular complexity index is 764. The number of aromatic nitrogens is 2. The van der Waals surface area contributed by atoms with Crippen molar-refractivity contribution in [3.63, 3.8) is 0 Å². The Balaban J connectivity index is 1.55. The molecule has 1 atom stereocenters. The van der Waals surface area contributed by atoms with Gasteiger partial charge in [-0.05, 0) is 19.8 Å². The monoisotopic (exact) mass is 349 g/mol. The molecule has 1 aliphatic carbocycles. The highest BCUT2D eigenvalue weighted by Crippen LogP contribution is 2.39. The maximum Gasteiger partial charge on any atom is 0.362 e. The number of anilines is 1. The molecule has 3 heterocycles. The van der Waals surface area contributed by atoms with E-state index in [1.165, 1.54) is 17.3 Å². The number of quaternary nitrogens is 1. The lowest BCUT2D eigenvalue weighted by atomic mass is 10.3. The molecule has 24 heavy (non-hydrogen) atoms. The number of hydrogen-bond acceptors (Lipinski definition) is 6. The summed E-state index contributed by atoms with van der Waals surface area (Å²) in [6, 6.07) is 2.01. The van der Waals surface area contributed by atoms with Gasteiger partial charge in [0, 0.05) is 29.5 Å². The summed E-state index contributed by atoms with van der Waals surface area (Å²) >= 11 is 6.15. The topological polar surface area (TPSA) is 87.0 Å². The molecule has 1 fully saturated rings. The molecular formula is C15H18ClN6O2+. The highest BCUT2D eigenvalue weighted by Gasteiger charge is 2.36. The lowest BCUT2D eigenvalue weighted by Gasteiger charge is -2.23. The van der Waals surface area contributed by atoms with Gasteiger partial charge in [-0.1, -0.05) is 0 Å². The van der Waals surface area contributed by atoms with Gasteiger partial charge in [0.15, 0.2) is 5.82 Å². The van der Waals surface area contributed by atoms with Crippen LogP contribution in [0.15, 0.2) is 35.0 Å². The fourth-order valence-electron chi connectivity index (χ4n) is 2.76. The first-order chi connectivity index (χ1) is 11.6. The number of esters is 1. The van der Waals surface area contributed by atoms with E-state index in [2.05, 4.69) is 20.5 Å². The quantitative estimate of drug-likeness (QED) is 0.537. The highest BCUT2D eigenvalue weighted by atomic mass is 35.5. The minimum atomic E-state index is -0.428. The Morgan fingerprint density at radius 1 is 1.58 bits per heavy atom. The van der Waals surface area contributed by atoms with Gasteiger partial charge in [-0.15, -0.1) is 0 Å². The number of fused-ring (bicyclic) bond motifs is 1.